The number of aromatic amines is 1. The third-order valence-electron chi connectivity index (χ3n) is 8.00. The Kier molecular flexibility index (Phi) is 6.31. The number of nitrogens with one attached hydrogen (secondary N) is 3. The van der Waals surface area contributed by atoms with Gasteiger partial charge in [-0.05, 0) is 60.9 Å². The van der Waals surface area contributed by atoms with E-state index in [9.17, 15) is 17.6 Å². The number of alkyl halides is 4. The van der Waals surface area contributed by atoms with E-state index >= 15 is 0 Å². The van der Waals surface area contributed by atoms with Gasteiger partial charge in [-0.2, -0.15) is 18.2 Å². The second kappa shape index (κ2) is 9.88. The number of hydrogen-bond acceptors (Lipinski definition) is 6. The summed E-state index contributed by atoms with van der Waals surface area (Å²) < 4.78 is 62.3. The fourth-order valence-corrected chi connectivity index (χ4v) is 7.38. The summed E-state index contributed by atoms with van der Waals surface area (Å²) in [6.45, 7) is 0.918. The number of nitrogens with zero attached hydrogens (tertiary/aromatic N) is 2. The number of piperidine rings is 1. The van der Waals surface area contributed by atoms with E-state index in [-0.39, 0.29) is 23.9 Å². The van der Waals surface area contributed by atoms with Crippen molar-refractivity contribution in [2.75, 3.05) is 18.4 Å². The van der Waals surface area contributed by atoms with Crippen molar-refractivity contribution in [3.63, 3.8) is 0 Å². The molecule has 1 aliphatic heterocycles. The van der Waals surface area contributed by atoms with E-state index in [1.807, 2.05) is 18.2 Å². The van der Waals surface area contributed by atoms with Crippen molar-refractivity contribution < 1.29 is 22.1 Å². The number of fused-ring (bicyclic) bond motifs is 4. The number of aryl methyl sites for hydroxylation is 1. The van der Waals surface area contributed by atoms with Crippen molar-refractivity contribution in [3.8, 4) is 10.7 Å². The summed E-state index contributed by atoms with van der Waals surface area (Å²) in [6.07, 6.45) is -3.38. The highest BCUT2D eigenvalue weighted by Gasteiger charge is 2.35. The molecule has 0 bridgehead atoms. The summed E-state index contributed by atoms with van der Waals surface area (Å²) in [6, 6.07) is 12.9. The summed E-state index contributed by atoms with van der Waals surface area (Å²) in [5.41, 5.74) is 4.03. The average Bonchev–Trinajstić information content (AvgIpc) is 3.65. The maximum Gasteiger partial charge on any atom is 0.393 e. The molecule has 1 saturated heterocycles. The Labute approximate surface area is 231 Å². The molecule has 6 nitrogen and oxygen atoms in total. The Hall–Kier alpha value is -3.44. The lowest BCUT2D eigenvalue weighted by Gasteiger charge is -2.28. The van der Waals surface area contributed by atoms with Crippen LogP contribution in [0.2, 0.25) is 0 Å². The molecule has 0 radical (unpaired) electrons. The number of H-pyrrole nitrogens is 1. The average molecular weight is 570 g/mol. The first-order valence-electron chi connectivity index (χ1n) is 13.5. The van der Waals surface area contributed by atoms with Crippen LogP contribution >= 0.6 is 11.3 Å². The lowest BCUT2D eigenvalue weighted by Crippen LogP contribution is -2.45. The Balaban J connectivity index is 1.29. The highest BCUT2D eigenvalue weighted by atomic mass is 32.1. The molecular formula is C29H27F4N5OS. The van der Waals surface area contributed by atoms with E-state index in [1.165, 1.54) is 22.3 Å². The number of hydrogen-bond donors (Lipinski definition) is 3. The van der Waals surface area contributed by atoms with E-state index in [2.05, 4.69) is 31.8 Å². The molecule has 7 rings (SSSR count). The predicted molar refractivity (Wildman–Crippen MR) is 148 cm³/mol. The van der Waals surface area contributed by atoms with Crippen LogP contribution in [0.5, 0.6) is 0 Å². The fourth-order valence-electron chi connectivity index (χ4n) is 6.15. The van der Waals surface area contributed by atoms with Gasteiger partial charge < -0.3 is 20.1 Å². The summed E-state index contributed by atoms with van der Waals surface area (Å²) in [7, 11) is 0. The number of anilines is 1. The van der Waals surface area contributed by atoms with Gasteiger partial charge in [-0.3, -0.25) is 0 Å². The molecule has 3 N–H and O–H groups in total. The van der Waals surface area contributed by atoms with E-state index < -0.39 is 24.8 Å². The normalized spacial score (nSPS) is 21.6. The van der Waals surface area contributed by atoms with E-state index in [1.54, 1.807) is 18.2 Å². The summed E-state index contributed by atoms with van der Waals surface area (Å²) in [5.74, 6) is 0.387. The molecule has 5 aromatic rings. The molecule has 4 heterocycles. The van der Waals surface area contributed by atoms with Crippen molar-refractivity contribution in [2.45, 2.75) is 56.4 Å². The monoisotopic (exact) mass is 569 g/mol. The van der Waals surface area contributed by atoms with E-state index in [4.69, 9.17) is 4.52 Å². The summed E-state index contributed by atoms with van der Waals surface area (Å²) in [5, 5.41) is 12.1. The highest BCUT2D eigenvalue weighted by molar-refractivity contribution is 7.23. The van der Waals surface area contributed by atoms with Crippen LogP contribution in [0.4, 0.5) is 23.2 Å². The zero-order valence-electron chi connectivity index (χ0n) is 21.4. The smallest absolute Gasteiger partial charge is 0.378 e. The molecule has 1 fully saturated rings. The van der Waals surface area contributed by atoms with Gasteiger partial charge in [-0.25, -0.2) is 4.39 Å². The van der Waals surface area contributed by atoms with Gasteiger partial charge in [0.25, 0.3) is 0 Å². The Morgan fingerprint density at radius 2 is 1.93 bits per heavy atom. The Morgan fingerprint density at radius 1 is 1.07 bits per heavy atom. The third-order valence-corrected chi connectivity index (χ3v) is 9.28. The van der Waals surface area contributed by atoms with Gasteiger partial charge >= 0.3 is 6.18 Å². The number of benzene rings is 2. The quantitative estimate of drug-likeness (QED) is 0.197. The van der Waals surface area contributed by atoms with Crippen molar-refractivity contribution in [3.05, 3.63) is 65.2 Å². The van der Waals surface area contributed by atoms with Gasteiger partial charge in [0.15, 0.2) is 0 Å². The number of rotatable bonds is 5. The molecule has 0 spiro atoms. The van der Waals surface area contributed by atoms with Crippen LogP contribution in [-0.2, 0) is 12.8 Å². The van der Waals surface area contributed by atoms with Gasteiger partial charge in [0.1, 0.15) is 6.17 Å². The second-order valence-corrected chi connectivity index (χ2v) is 11.6. The molecule has 0 saturated carbocycles. The molecule has 208 valence electrons. The van der Waals surface area contributed by atoms with Crippen molar-refractivity contribution in [2.24, 2.45) is 0 Å². The predicted octanol–water partition coefficient (Wildman–Crippen LogP) is 7.12. The van der Waals surface area contributed by atoms with Crippen LogP contribution in [-0.4, -0.2) is 46.6 Å². The first-order chi connectivity index (χ1) is 19.4. The maximum absolute atomic E-state index is 14.6. The number of aromatic nitrogens is 3. The number of para-hydroxylation sites is 1. The lowest BCUT2D eigenvalue weighted by atomic mass is 9.86. The molecule has 40 heavy (non-hydrogen) atoms. The van der Waals surface area contributed by atoms with Crippen LogP contribution in [0.25, 0.3) is 31.7 Å². The number of halogens is 4. The molecule has 11 heteroatoms. The topological polar surface area (TPSA) is 78.8 Å². The minimum atomic E-state index is -4.43. The van der Waals surface area contributed by atoms with Crippen LogP contribution in [0, 0.1) is 0 Å². The fraction of sp³-hybridized carbons (Fsp3) is 0.379. The van der Waals surface area contributed by atoms with Crippen LogP contribution in [0.3, 0.4) is 0 Å². The zero-order chi connectivity index (χ0) is 27.4. The second-order valence-electron chi connectivity index (χ2n) is 10.6. The summed E-state index contributed by atoms with van der Waals surface area (Å²) in [4.78, 5) is 8.51. The molecule has 3 atom stereocenters. The van der Waals surface area contributed by atoms with Crippen LogP contribution in [0.1, 0.15) is 47.9 Å². The van der Waals surface area contributed by atoms with Crippen LogP contribution < -0.4 is 10.6 Å². The SMILES string of the molecule is F[C@H]1CNCC[C@H]1Nc1cccc2c(CC(F)(F)F)c(-c3noc(C4CCCc5c4[nH]c4ccccc54)n3)sc12. The van der Waals surface area contributed by atoms with Gasteiger partial charge in [0.2, 0.25) is 11.7 Å². The van der Waals surface area contributed by atoms with Gasteiger partial charge in [0, 0.05) is 23.1 Å². The highest BCUT2D eigenvalue weighted by Crippen LogP contribution is 2.45. The minimum Gasteiger partial charge on any atom is -0.378 e. The molecule has 3 aromatic heterocycles. The van der Waals surface area contributed by atoms with Crippen LogP contribution in [0.15, 0.2) is 47.0 Å². The van der Waals surface area contributed by atoms with Crippen molar-refractivity contribution in [1.82, 2.24) is 20.4 Å². The molecule has 1 unspecified atom stereocenters. The van der Waals surface area contributed by atoms with E-state index in [0.29, 0.717) is 39.5 Å². The maximum atomic E-state index is 14.6. The Morgan fingerprint density at radius 3 is 2.77 bits per heavy atom. The lowest BCUT2D eigenvalue weighted by molar-refractivity contribution is -0.126. The molecule has 1 aliphatic carbocycles. The molecule has 0 amide bonds. The largest absolute Gasteiger partial charge is 0.393 e. The van der Waals surface area contributed by atoms with Crippen molar-refractivity contribution >= 4 is 38.0 Å². The van der Waals surface area contributed by atoms with Gasteiger partial charge in [0.05, 0.1) is 33.6 Å². The minimum absolute atomic E-state index is 0.112. The molecule has 2 aliphatic rings. The van der Waals surface area contributed by atoms with Gasteiger partial charge in [-0.15, -0.1) is 11.3 Å². The molecule has 2 aromatic carbocycles. The first-order valence-corrected chi connectivity index (χ1v) is 14.3. The number of thiophene rings is 1. The van der Waals surface area contributed by atoms with E-state index in [0.717, 1.165) is 30.5 Å². The standard InChI is InChI=1S/C29H27F4N5OS/c30-20-14-34-12-11-22(20)35-23-10-4-7-17-19(13-29(31,32)33)26(40-25(17)23)27-37-28(39-38-27)18-8-3-6-16-15-5-1-2-9-21(15)36-24(16)18/h1-2,4-5,7,9-10,18,20,22,34-36H,3,6,8,11-14H2/t18?,20-,22+/m0/s1. The Bertz CT molecular complexity index is 1690. The zero-order valence-corrected chi connectivity index (χ0v) is 22.3. The first kappa shape index (κ1) is 25.5. The third kappa shape index (κ3) is 4.54. The molecular weight excluding hydrogens is 542 g/mol. The van der Waals surface area contributed by atoms with Crippen molar-refractivity contribution in [1.29, 1.82) is 0 Å². The summed E-state index contributed by atoms with van der Waals surface area (Å²) >= 11 is 1.19. The van der Waals surface area contributed by atoms with Gasteiger partial charge in [-0.1, -0.05) is 35.5 Å².